The summed E-state index contributed by atoms with van der Waals surface area (Å²) >= 11 is 4.56. The molecule has 1 saturated carbocycles. The number of benzene rings is 1. The lowest BCUT2D eigenvalue weighted by Crippen LogP contribution is -2.34. The summed E-state index contributed by atoms with van der Waals surface area (Å²) in [5.74, 6) is 1.50. The molecule has 5 nitrogen and oxygen atoms in total. The van der Waals surface area contributed by atoms with E-state index in [2.05, 4.69) is 15.9 Å². The maximum Gasteiger partial charge on any atom is 0.293 e. The molecule has 29 heavy (non-hydrogen) atoms. The van der Waals surface area contributed by atoms with Crippen molar-refractivity contribution in [2.75, 3.05) is 13.2 Å². The lowest BCUT2D eigenvalue weighted by Gasteiger charge is -2.25. The summed E-state index contributed by atoms with van der Waals surface area (Å²) in [7, 11) is 0. The Morgan fingerprint density at radius 1 is 1.24 bits per heavy atom. The summed E-state index contributed by atoms with van der Waals surface area (Å²) in [4.78, 5) is 27.2. The fraction of sp³-hybridized carbons (Fsp3) is 0.545. The molecule has 0 radical (unpaired) electrons. The van der Waals surface area contributed by atoms with E-state index in [1.165, 1.54) is 24.2 Å². The van der Waals surface area contributed by atoms with Gasteiger partial charge >= 0.3 is 0 Å². The molecule has 2 aliphatic rings. The number of hydrogen-bond acceptors (Lipinski definition) is 5. The van der Waals surface area contributed by atoms with Crippen LogP contribution in [0.15, 0.2) is 21.5 Å². The van der Waals surface area contributed by atoms with Gasteiger partial charge in [0.2, 0.25) is 0 Å². The van der Waals surface area contributed by atoms with Crippen LogP contribution in [0.25, 0.3) is 6.08 Å². The molecule has 1 heterocycles. The van der Waals surface area contributed by atoms with Crippen molar-refractivity contribution in [1.82, 2.24) is 4.90 Å². The number of carbonyl (C=O) groups excluding carboxylic acids is 2. The van der Waals surface area contributed by atoms with Crippen LogP contribution in [0, 0.1) is 5.92 Å². The van der Waals surface area contributed by atoms with Gasteiger partial charge in [-0.05, 0) is 91.0 Å². The van der Waals surface area contributed by atoms with E-state index in [0.717, 1.165) is 34.6 Å². The lowest BCUT2D eigenvalue weighted by atomic mass is 9.89. The van der Waals surface area contributed by atoms with Gasteiger partial charge in [0.25, 0.3) is 11.1 Å². The minimum Gasteiger partial charge on any atom is -0.490 e. The number of halogens is 1. The molecule has 0 unspecified atom stereocenters. The van der Waals surface area contributed by atoms with E-state index in [1.807, 2.05) is 32.9 Å². The predicted octanol–water partition coefficient (Wildman–Crippen LogP) is 6.25. The summed E-state index contributed by atoms with van der Waals surface area (Å²) in [5.41, 5.74) is 0.791. The second-order valence-electron chi connectivity index (χ2n) is 7.73. The van der Waals surface area contributed by atoms with Crippen molar-refractivity contribution in [3.05, 3.63) is 27.1 Å². The Kier molecular flexibility index (Phi) is 7.68. The highest BCUT2D eigenvalue weighted by Gasteiger charge is 2.36. The van der Waals surface area contributed by atoms with Crippen LogP contribution in [0.3, 0.4) is 0 Å². The van der Waals surface area contributed by atoms with Crippen molar-refractivity contribution in [1.29, 1.82) is 0 Å². The summed E-state index contributed by atoms with van der Waals surface area (Å²) in [6.45, 7) is 6.87. The van der Waals surface area contributed by atoms with Crippen molar-refractivity contribution < 1.29 is 19.1 Å². The molecule has 2 amide bonds. The number of hydrogen-bond donors (Lipinski definition) is 0. The van der Waals surface area contributed by atoms with Gasteiger partial charge in [-0.3, -0.25) is 14.5 Å². The predicted molar refractivity (Wildman–Crippen MR) is 120 cm³/mol. The average Bonchev–Trinajstić information content (AvgIpc) is 2.93. The van der Waals surface area contributed by atoms with Gasteiger partial charge in [-0.15, -0.1) is 0 Å². The van der Waals surface area contributed by atoms with Crippen molar-refractivity contribution in [3.8, 4) is 11.5 Å². The average molecular weight is 482 g/mol. The first-order chi connectivity index (χ1) is 13.9. The smallest absolute Gasteiger partial charge is 0.293 e. The normalized spacial score (nSPS) is 19.5. The summed E-state index contributed by atoms with van der Waals surface area (Å²) < 4.78 is 12.4. The summed E-state index contributed by atoms with van der Waals surface area (Å²) in [6, 6.07) is 3.73. The van der Waals surface area contributed by atoms with Crippen molar-refractivity contribution in [2.45, 2.75) is 59.0 Å². The van der Waals surface area contributed by atoms with Gasteiger partial charge in [-0.2, -0.15) is 0 Å². The quantitative estimate of drug-likeness (QED) is 0.430. The minimum atomic E-state index is -0.192. The minimum absolute atomic E-state index is 0.00708. The first-order valence-corrected chi connectivity index (χ1v) is 11.9. The van der Waals surface area contributed by atoms with E-state index >= 15 is 0 Å². The number of rotatable bonds is 7. The van der Waals surface area contributed by atoms with E-state index in [0.29, 0.717) is 35.5 Å². The van der Waals surface area contributed by atoms with Gasteiger partial charge in [-0.1, -0.05) is 19.3 Å². The van der Waals surface area contributed by atoms with Crippen molar-refractivity contribution in [3.63, 3.8) is 0 Å². The Labute approximate surface area is 185 Å². The highest BCUT2D eigenvalue weighted by Crippen LogP contribution is 2.40. The second kappa shape index (κ2) is 10.0. The van der Waals surface area contributed by atoms with Crippen LogP contribution >= 0.6 is 27.7 Å². The van der Waals surface area contributed by atoms with Crippen LogP contribution in [-0.4, -0.2) is 35.3 Å². The Morgan fingerprint density at radius 2 is 1.97 bits per heavy atom. The van der Waals surface area contributed by atoms with Crippen LogP contribution < -0.4 is 9.47 Å². The third kappa shape index (κ3) is 5.57. The number of nitrogens with zero attached hydrogens (tertiary/aromatic N) is 1. The van der Waals surface area contributed by atoms with Crippen molar-refractivity contribution >= 4 is 44.9 Å². The number of amides is 2. The molecule has 1 saturated heterocycles. The zero-order valence-corrected chi connectivity index (χ0v) is 19.6. The molecule has 1 aromatic rings. The fourth-order valence-electron chi connectivity index (χ4n) is 3.72. The van der Waals surface area contributed by atoms with E-state index in [4.69, 9.17) is 9.47 Å². The zero-order valence-electron chi connectivity index (χ0n) is 17.2. The van der Waals surface area contributed by atoms with Gasteiger partial charge < -0.3 is 9.47 Å². The first kappa shape index (κ1) is 22.2. The fourth-order valence-corrected chi connectivity index (χ4v) is 5.12. The third-order valence-corrected chi connectivity index (χ3v) is 6.52. The molecule has 0 spiro atoms. The van der Waals surface area contributed by atoms with Crippen LogP contribution in [0.1, 0.15) is 58.4 Å². The van der Waals surface area contributed by atoms with Crippen molar-refractivity contribution in [2.24, 2.45) is 5.92 Å². The molecule has 1 aliphatic carbocycles. The molecule has 7 heteroatoms. The molecular weight excluding hydrogens is 454 g/mol. The Balaban J connectivity index is 1.81. The molecule has 3 rings (SSSR count). The highest BCUT2D eigenvalue weighted by atomic mass is 79.9. The van der Waals surface area contributed by atoms with Crippen LogP contribution in [0.4, 0.5) is 4.79 Å². The summed E-state index contributed by atoms with van der Waals surface area (Å²) in [5, 5.41) is -0.171. The maximum absolute atomic E-state index is 12.9. The Morgan fingerprint density at radius 3 is 2.62 bits per heavy atom. The topological polar surface area (TPSA) is 55.8 Å². The second-order valence-corrected chi connectivity index (χ2v) is 9.57. The van der Waals surface area contributed by atoms with Gasteiger partial charge in [0, 0.05) is 6.54 Å². The molecule has 2 fully saturated rings. The highest BCUT2D eigenvalue weighted by molar-refractivity contribution is 9.10. The maximum atomic E-state index is 12.9. The van der Waals surface area contributed by atoms with E-state index in [1.54, 1.807) is 6.08 Å². The molecule has 0 aromatic heterocycles. The number of ether oxygens (including phenoxy) is 2. The first-order valence-electron chi connectivity index (χ1n) is 10.3. The Bertz CT molecular complexity index is 802. The molecule has 0 bridgehead atoms. The van der Waals surface area contributed by atoms with Crippen LogP contribution in [-0.2, 0) is 4.79 Å². The summed E-state index contributed by atoms with van der Waals surface area (Å²) in [6.07, 6.45) is 7.61. The van der Waals surface area contributed by atoms with E-state index in [-0.39, 0.29) is 17.3 Å². The Hall–Kier alpha value is -1.47. The molecule has 158 valence electrons. The SMILES string of the molecule is CCOc1cc(/C=C2/SC(=O)N(CC3CCCCC3)C2=O)cc(Br)c1OC(C)C. The molecule has 0 atom stereocenters. The van der Waals surface area contributed by atoms with Gasteiger partial charge in [0.05, 0.1) is 22.1 Å². The molecule has 1 aromatic carbocycles. The molecule has 1 aliphatic heterocycles. The standard InChI is InChI=1S/C22H28BrNO4S/c1-4-27-18-11-16(10-17(23)20(18)28-14(2)3)12-19-21(25)24(22(26)29-19)13-15-8-6-5-7-9-15/h10-12,14-15H,4-9,13H2,1-3H3/b19-12+. The number of imide groups is 1. The monoisotopic (exact) mass is 481 g/mol. The van der Waals surface area contributed by atoms with E-state index in [9.17, 15) is 9.59 Å². The largest absolute Gasteiger partial charge is 0.490 e. The molecular formula is C22H28BrNO4S. The third-order valence-electron chi connectivity index (χ3n) is 5.02. The lowest BCUT2D eigenvalue weighted by molar-refractivity contribution is -0.123. The van der Waals surface area contributed by atoms with Gasteiger partial charge in [-0.25, -0.2) is 0 Å². The van der Waals surface area contributed by atoms with Gasteiger partial charge in [0.15, 0.2) is 11.5 Å². The number of carbonyl (C=O) groups is 2. The number of thioether (sulfide) groups is 1. The zero-order chi connectivity index (χ0) is 21.0. The van der Waals surface area contributed by atoms with Crippen LogP contribution in [0.2, 0.25) is 0 Å². The van der Waals surface area contributed by atoms with Crippen LogP contribution in [0.5, 0.6) is 11.5 Å². The van der Waals surface area contributed by atoms with Gasteiger partial charge in [0.1, 0.15) is 0 Å². The van der Waals surface area contributed by atoms with E-state index < -0.39 is 0 Å². The molecule has 0 N–H and O–H groups in total.